The van der Waals surface area contributed by atoms with Crippen molar-refractivity contribution in [3.8, 4) is 0 Å². The Hall–Kier alpha value is -2.70. The number of hydrogen-bond acceptors (Lipinski definition) is 3. The zero-order valence-electron chi connectivity index (χ0n) is 17.6. The van der Waals surface area contributed by atoms with Gasteiger partial charge in [0, 0.05) is 29.7 Å². The summed E-state index contributed by atoms with van der Waals surface area (Å²) in [7, 11) is -1.90. The summed E-state index contributed by atoms with van der Waals surface area (Å²) in [5, 5.41) is 5.31. The van der Waals surface area contributed by atoms with Crippen LogP contribution in [0.25, 0.3) is 10.8 Å². The van der Waals surface area contributed by atoms with Crippen molar-refractivity contribution in [2.75, 3.05) is 12.4 Å². The number of nitrogens with one attached hydrogen (secondary N) is 1. The molecule has 6 heteroatoms. The molecule has 1 fully saturated rings. The van der Waals surface area contributed by atoms with E-state index in [1.165, 1.54) is 33.0 Å². The van der Waals surface area contributed by atoms with E-state index < -0.39 is 10.0 Å². The molecule has 0 saturated heterocycles. The number of anilines is 1. The highest BCUT2D eigenvalue weighted by Gasteiger charge is 2.30. The molecule has 2 aliphatic carbocycles. The highest BCUT2D eigenvalue weighted by atomic mass is 32.2. The van der Waals surface area contributed by atoms with E-state index in [9.17, 15) is 13.2 Å². The molecule has 0 unspecified atom stereocenters. The molecule has 0 aromatic heterocycles. The highest BCUT2D eigenvalue weighted by molar-refractivity contribution is 7.89. The van der Waals surface area contributed by atoms with Gasteiger partial charge >= 0.3 is 0 Å². The molecule has 31 heavy (non-hydrogen) atoms. The number of carbonyl (C=O) groups excluding carboxylic acids is 1. The molecule has 1 amide bonds. The molecule has 0 spiro atoms. The maximum Gasteiger partial charge on any atom is 0.255 e. The van der Waals surface area contributed by atoms with Gasteiger partial charge in [-0.2, -0.15) is 4.31 Å². The van der Waals surface area contributed by atoms with Crippen LogP contribution in [-0.4, -0.2) is 31.7 Å². The second kappa shape index (κ2) is 7.77. The number of sulfonamides is 1. The fourth-order valence-electron chi connectivity index (χ4n) is 4.96. The smallest absolute Gasteiger partial charge is 0.255 e. The molecule has 0 heterocycles. The van der Waals surface area contributed by atoms with Crippen molar-refractivity contribution >= 4 is 32.4 Å². The van der Waals surface area contributed by atoms with Gasteiger partial charge < -0.3 is 5.32 Å². The summed E-state index contributed by atoms with van der Waals surface area (Å²) in [5.74, 6) is -0.244. The average molecular weight is 435 g/mol. The predicted molar refractivity (Wildman–Crippen MR) is 123 cm³/mol. The SMILES string of the molecule is CN(C1CCCC1)S(=O)(=O)c1ccc(C(=O)Nc2ccc3c4c(cccc24)CC3)cc1. The average Bonchev–Trinajstić information content (AvgIpc) is 3.46. The predicted octanol–water partition coefficient (Wildman–Crippen LogP) is 4.75. The minimum atomic E-state index is -3.55. The minimum Gasteiger partial charge on any atom is -0.321 e. The third-order valence-electron chi connectivity index (χ3n) is 6.76. The second-order valence-electron chi connectivity index (χ2n) is 8.55. The maximum atomic E-state index is 12.9. The van der Waals surface area contributed by atoms with Crippen LogP contribution < -0.4 is 5.32 Å². The summed E-state index contributed by atoms with van der Waals surface area (Å²) in [5.41, 5.74) is 3.87. The second-order valence-corrected chi connectivity index (χ2v) is 10.5. The first-order chi connectivity index (χ1) is 14.9. The van der Waals surface area contributed by atoms with Crippen LogP contribution in [0.3, 0.4) is 0 Å². The lowest BCUT2D eigenvalue weighted by Gasteiger charge is -2.23. The lowest BCUT2D eigenvalue weighted by atomic mass is 10.0. The van der Waals surface area contributed by atoms with Crippen LogP contribution in [-0.2, 0) is 22.9 Å². The fourth-order valence-corrected chi connectivity index (χ4v) is 6.37. The van der Waals surface area contributed by atoms with Crippen LogP contribution in [0.1, 0.15) is 47.2 Å². The van der Waals surface area contributed by atoms with E-state index in [-0.39, 0.29) is 16.8 Å². The van der Waals surface area contributed by atoms with Crippen molar-refractivity contribution in [3.05, 3.63) is 71.3 Å². The number of carbonyl (C=O) groups is 1. The maximum absolute atomic E-state index is 12.9. The van der Waals surface area contributed by atoms with Crippen LogP contribution in [0.15, 0.2) is 59.5 Å². The highest BCUT2D eigenvalue weighted by Crippen LogP contribution is 2.35. The van der Waals surface area contributed by atoms with Gasteiger partial charge in [-0.05, 0) is 72.5 Å². The summed E-state index contributed by atoms with van der Waals surface area (Å²) in [6.07, 6.45) is 6.03. The van der Waals surface area contributed by atoms with Gasteiger partial charge in [0.1, 0.15) is 0 Å². The van der Waals surface area contributed by atoms with Crippen molar-refractivity contribution in [3.63, 3.8) is 0 Å². The van der Waals surface area contributed by atoms with Crippen molar-refractivity contribution in [2.24, 2.45) is 0 Å². The Morgan fingerprint density at radius 1 is 0.935 bits per heavy atom. The van der Waals surface area contributed by atoms with Crippen molar-refractivity contribution in [1.29, 1.82) is 0 Å². The fraction of sp³-hybridized carbons (Fsp3) is 0.320. The van der Waals surface area contributed by atoms with Crippen LogP contribution in [0.2, 0.25) is 0 Å². The van der Waals surface area contributed by atoms with E-state index in [1.807, 2.05) is 18.2 Å². The Morgan fingerprint density at radius 3 is 2.32 bits per heavy atom. The first-order valence-electron chi connectivity index (χ1n) is 10.9. The first kappa shape index (κ1) is 20.2. The van der Waals surface area contributed by atoms with Gasteiger partial charge in [0.25, 0.3) is 5.91 Å². The molecule has 3 aromatic rings. The van der Waals surface area contributed by atoms with Gasteiger partial charge in [0.2, 0.25) is 10.0 Å². The zero-order valence-corrected chi connectivity index (χ0v) is 18.4. The van der Waals surface area contributed by atoms with Gasteiger partial charge in [0.05, 0.1) is 4.90 Å². The van der Waals surface area contributed by atoms with E-state index in [0.29, 0.717) is 5.56 Å². The Kier molecular flexibility index (Phi) is 5.07. The zero-order chi connectivity index (χ0) is 21.6. The van der Waals surface area contributed by atoms with Crippen molar-refractivity contribution in [1.82, 2.24) is 4.31 Å². The molecule has 0 radical (unpaired) electrons. The third kappa shape index (κ3) is 3.54. The molecular weight excluding hydrogens is 408 g/mol. The lowest BCUT2D eigenvalue weighted by molar-refractivity contribution is 0.102. The Morgan fingerprint density at radius 2 is 1.61 bits per heavy atom. The monoisotopic (exact) mass is 434 g/mol. The quantitative estimate of drug-likeness (QED) is 0.630. The van der Waals surface area contributed by atoms with Crippen LogP contribution in [0.5, 0.6) is 0 Å². The molecule has 0 atom stereocenters. The van der Waals surface area contributed by atoms with Crippen LogP contribution in [0, 0.1) is 0 Å². The number of hydrogen-bond donors (Lipinski definition) is 1. The number of rotatable bonds is 5. The molecule has 0 bridgehead atoms. The molecule has 5 nitrogen and oxygen atoms in total. The number of amides is 1. The van der Waals surface area contributed by atoms with E-state index in [4.69, 9.17) is 0 Å². The molecule has 3 aromatic carbocycles. The topological polar surface area (TPSA) is 66.5 Å². The lowest BCUT2D eigenvalue weighted by Crippen LogP contribution is -2.35. The molecule has 0 aliphatic heterocycles. The molecule has 2 aliphatic rings. The van der Waals surface area contributed by atoms with E-state index in [0.717, 1.165) is 49.6 Å². The Balaban J connectivity index is 1.37. The Bertz CT molecular complexity index is 1250. The van der Waals surface area contributed by atoms with Crippen molar-refractivity contribution in [2.45, 2.75) is 49.5 Å². The molecule has 1 N–H and O–H groups in total. The largest absolute Gasteiger partial charge is 0.321 e. The summed E-state index contributed by atoms with van der Waals surface area (Å²) in [6.45, 7) is 0. The number of nitrogens with zero attached hydrogens (tertiary/aromatic N) is 1. The summed E-state index contributed by atoms with van der Waals surface area (Å²) in [4.78, 5) is 13.1. The molecule has 1 saturated carbocycles. The Labute approximate surface area is 183 Å². The minimum absolute atomic E-state index is 0.0664. The normalized spacial score (nSPS) is 16.3. The van der Waals surface area contributed by atoms with Crippen molar-refractivity contribution < 1.29 is 13.2 Å². The van der Waals surface area contributed by atoms with Gasteiger partial charge in [0.15, 0.2) is 0 Å². The molecular formula is C25H26N2O3S. The van der Waals surface area contributed by atoms with Crippen LogP contribution in [0.4, 0.5) is 5.69 Å². The van der Waals surface area contributed by atoms with Gasteiger partial charge in [-0.25, -0.2) is 8.42 Å². The van der Waals surface area contributed by atoms with Gasteiger partial charge in [-0.15, -0.1) is 0 Å². The number of aryl methyl sites for hydroxylation is 2. The van der Waals surface area contributed by atoms with Gasteiger partial charge in [-0.3, -0.25) is 4.79 Å². The van der Waals surface area contributed by atoms with E-state index in [2.05, 4.69) is 17.4 Å². The van der Waals surface area contributed by atoms with Gasteiger partial charge in [-0.1, -0.05) is 37.1 Å². The standard InChI is InChI=1S/C25H26N2O3S/c1-27(20-6-2-3-7-20)31(29,30)21-14-11-19(12-15-21)25(28)26-23-16-13-18-10-9-17-5-4-8-22(23)24(17)18/h4-5,8,11-16,20H,2-3,6-7,9-10H2,1H3,(H,26,28). The van der Waals surface area contributed by atoms with E-state index in [1.54, 1.807) is 19.2 Å². The number of benzene rings is 3. The summed E-state index contributed by atoms with van der Waals surface area (Å²) in [6, 6.07) is 16.6. The van der Waals surface area contributed by atoms with Crippen LogP contribution >= 0.6 is 0 Å². The first-order valence-corrected chi connectivity index (χ1v) is 12.3. The summed E-state index contributed by atoms with van der Waals surface area (Å²) < 4.78 is 27.4. The summed E-state index contributed by atoms with van der Waals surface area (Å²) >= 11 is 0. The van der Waals surface area contributed by atoms with E-state index >= 15 is 0 Å². The molecule has 5 rings (SSSR count). The molecule has 160 valence electrons. The third-order valence-corrected chi connectivity index (χ3v) is 8.68.